The van der Waals surface area contributed by atoms with Crippen molar-refractivity contribution in [1.29, 1.82) is 0 Å². The standard InChI is InChI=1S/C11H14FNO2/c1-8-4-9(6-10(12)5-8)11(14)7-15-3-2-13/h4-6H,2-3,7,13H2,1H3. The van der Waals surface area contributed by atoms with Crippen LogP contribution in [0.1, 0.15) is 15.9 Å². The van der Waals surface area contributed by atoms with Crippen LogP contribution < -0.4 is 5.73 Å². The number of carbonyl (C=O) groups excluding carboxylic acids is 1. The van der Waals surface area contributed by atoms with E-state index in [1.165, 1.54) is 12.1 Å². The molecule has 0 amide bonds. The van der Waals surface area contributed by atoms with Crippen LogP contribution >= 0.6 is 0 Å². The number of nitrogens with two attached hydrogens (primary N) is 1. The molecule has 0 atom stereocenters. The first-order chi connectivity index (χ1) is 7.13. The average molecular weight is 211 g/mol. The first-order valence-electron chi connectivity index (χ1n) is 4.71. The summed E-state index contributed by atoms with van der Waals surface area (Å²) in [6.45, 7) is 2.39. The SMILES string of the molecule is Cc1cc(F)cc(C(=O)COCCN)c1. The summed E-state index contributed by atoms with van der Waals surface area (Å²) in [5, 5.41) is 0. The molecular formula is C11H14FNO2. The quantitative estimate of drug-likeness (QED) is 0.590. The molecule has 0 aliphatic rings. The Hall–Kier alpha value is -1.26. The van der Waals surface area contributed by atoms with Gasteiger partial charge in [-0.25, -0.2) is 4.39 Å². The van der Waals surface area contributed by atoms with E-state index in [1.54, 1.807) is 13.0 Å². The van der Waals surface area contributed by atoms with Gasteiger partial charge in [0.15, 0.2) is 5.78 Å². The van der Waals surface area contributed by atoms with Crippen molar-refractivity contribution in [3.63, 3.8) is 0 Å². The molecule has 0 saturated carbocycles. The van der Waals surface area contributed by atoms with Gasteiger partial charge in [0.1, 0.15) is 12.4 Å². The highest BCUT2D eigenvalue weighted by molar-refractivity contribution is 5.97. The Labute approximate surface area is 88.0 Å². The third kappa shape index (κ3) is 3.77. The fraction of sp³-hybridized carbons (Fsp3) is 0.364. The second-order valence-corrected chi connectivity index (χ2v) is 3.28. The number of rotatable bonds is 5. The van der Waals surface area contributed by atoms with E-state index in [-0.39, 0.29) is 12.4 Å². The molecule has 1 aromatic carbocycles. The minimum Gasteiger partial charge on any atom is -0.372 e. The fourth-order valence-electron chi connectivity index (χ4n) is 1.23. The average Bonchev–Trinajstić information content (AvgIpc) is 2.16. The molecule has 3 nitrogen and oxygen atoms in total. The number of hydrogen-bond donors (Lipinski definition) is 1. The molecular weight excluding hydrogens is 197 g/mol. The van der Waals surface area contributed by atoms with Crippen molar-refractivity contribution in [2.75, 3.05) is 19.8 Å². The molecule has 0 spiro atoms. The lowest BCUT2D eigenvalue weighted by Gasteiger charge is -2.03. The van der Waals surface area contributed by atoms with Crippen LogP contribution in [0.4, 0.5) is 4.39 Å². The maximum Gasteiger partial charge on any atom is 0.188 e. The normalized spacial score (nSPS) is 10.3. The summed E-state index contributed by atoms with van der Waals surface area (Å²) in [5.41, 5.74) is 6.26. The molecule has 82 valence electrons. The highest BCUT2D eigenvalue weighted by Gasteiger charge is 2.07. The molecule has 0 bridgehead atoms. The van der Waals surface area contributed by atoms with E-state index in [0.29, 0.717) is 18.7 Å². The lowest BCUT2D eigenvalue weighted by Crippen LogP contribution is -2.15. The van der Waals surface area contributed by atoms with Gasteiger partial charge in [-0.05, 0) is 30.7 Å². The second-order valence-electron chi connectivity index (χ2n) is 3.28. The molecule has 0 heterocycles. The van der Waals surface area contributed by atoms with Gasteiger partial charge in [-0.3, -0.25) is 4.79 Å². The third-order valence-corrected chi connectivity index (χ3v) is 1.86. The van der Waals surface area contributed by atoms with E-state index in [2.05, 4.69) is 0 Å². The van der Waals surface area contributed by atoms with Crippen molar-refractivity contribution in [1.82, 2.24) is 0 Å². The molecule has 1 aromatic rings. The van der Waals surface area contributed by atoms with Gasteiger partial charge in [0.05, 0.1) is 6.61 Å². The van der Waals surface area contributed by atoms with Gasteiger partial charge in [-0.2, -0.15) is 0 Å². The molecule has 0 fully saturated rings. The molecule has 0 saturated heterocycles. The number of Topliss-reactive ketones (excluding diaryl/α,β-unsaturated/α-hetero) is 1. The zero-order chi connectivity index (χ0) is 11.3. The molecule has 0 unspecified atom stereocenters. The molecule has 15 heavy (non-hydrogen) atoms. The molecule has 0 aliphatic carbocycles. The Balaban J connectivity index is 2.65. The first-order valence-corrected chi connectivity index (χ1v) is 4.71. The van der Waals surface area contributed by atoms with Crippen LogP contribution in [-0.2, 0) is 4.74 Å². The number of benzene rings is 1. The maximum absolute atomic E-state index is 13.0. The van der Waals surface area contributed by atoms with Gasteiger partial charge < -0.3 is 10.5 Å². The van der Waals surface area contributed by atoms with E-state index in [4.69, 9.17) is 10.5 Å². The third-order valence-electron chi connectivity index (χ3n) is 1.86. The lowest BCUT2D eigenvalue weighted by atomic mass is 10.1. The minimum absolute atomic E-state index is 0.0555. The Morgan fingerprint density at radius 2 is 2.20 bits per heavy atom. The topological polar surface area (TPSA) is 52.3 Å². The van der Waals surface area contributed by atoms with Crippen LogP contribution in [-0.4, -0.2) is 25.5 Å². The largest absolute Gasteiger partial charge is 0.372 e. The first kappa shape index (κ1) is 11.8. The van der Waals surface area contributed by atoms with Gasteiger partial charge in [0.2, 0.25) is 0 Å². The highest BCUT2D eigenvalue weighted by atomic mass is 19.1. The number of aryl methyl sites for hydroxylation is 1. The Bertz CT molecular complexity index is 332. The number of ether oxygens (including phenoxy) is 1. The van der Waals surface area contributed by atoms with Crippen molar-refractivity contribution in [2.24, 2.45) is 5.73 Å². The van der Waals surface area contributed by atoms with Crippen LogP contribution in [0, 0.1) is 12.7 Å². The van der Waals surface area contributed by atoms with Crippen LogP contribution in [0.15, 0.2) is 18.2 Å². The second kappa shape index (κ2) is 5.58. The summed E-state index contributed by atoms with van der Waals surface area (Å²) in [7, 11) is 0. The van der Waals surface area contributed by atoms with Gasteiger partial charge in [0, 0.05) is 12.1 Å². The highest BCUT2D eigenvalue weighted by Crippen LogP contribution is 2.09. The van der Waals surface area contributed by atoms with Crippen molar-refractivity contribution >= 4 is 5.78 Å². The van der Waals surface area contributed by atoms with Crippen molar-refractivity contribution in [2.45, 2.75) is 6.92 Å². The van der Waals surface area contributed by atoms with E-state index < -0.39 is 5.82 Å². The van der Waals surface area contributed by atoms with Crippen LogP contribution in [0.3, 0.4) is 0 Å². The van der Waals surface area contributed by atoms with Gasteiger partial charge >= 0.3 is 0 Å². The predicted molar refractivity (Wildman–Crippen MR) is 55.3 cm³/mol. The number of carbonyl (C=O) groups is 1. The molecule has 0 radical (unpaired) electrons. The van der Waals surface area contributed by atoms with Gasteiger partial charge in [-0.1, -0.05) is 0 Å². The molecule has 0 aromatic heterocycles. The van der Waals surface area contributed by atoms with Crippen molar-refractivity contribution in [3.05, 3.63) is 35.1 Å². The summed E-state index contributed by atoms with van der Waals surface area (Å²) < 4.78 is 17.9. The number of halogens is 1. The summed E-state index contributed by atoms with van der Waals surface area (Å²) >= 11 is 0. The van der Waals surface area contributed by atoms with E-state index in [1.807, 2.05) is 0 Å². The molecule has 2 N–H and O–H groups in total. The fourth-order valence-corrected chi connectivity index (χ4v) is 1.23. The summed E-state index contributed by atoms with van der Waals surface area (Å²) in [6, 6.07) is 4.22. The Morgan fingerprint density at radius 1 is 1.47 bits per heavy atom. The summed E-state index contributed by atoms with van der Waals surface area (Å²) in [4.78, 5) is 11.5. The van der Waals surface area contributed by atoms with Gasteiger partial charge in [0.25, 0.3) is 0 Å². The zero-order valence-corrected chi connectivity index (χ0v) is 8.63. The van der Waals surface area contributed by atoms with Crippen LogP contribution in [0.5, 0.6) is 0 Å². The summed E-state index contributed by atoms with van der Waals surface area (Å²) in [6.07, 6.45) is 0. The molecule has 0 aliphatic heterocycles. The minimum atomic E-state index is -0.405. The van der Waals surface area contributed by atoms with Gasteiger partial charge in [-0.15, -0.1) is 0 Å². The Kier molecular flexibility index (Phi) is 4.39. The van der Waals surface area contributed by atoms with E-state index in [9.17, 15) is 9.18 Å². The number of ketones is 1. The zero-order valence-electron chi connectivity index (χ0n) is 8.63. The van der Waals surface area contributed by atoms with Crippen LogP contribution in [0.25, 0.3) is 0 Å². The predicted octanol–water partition coefficient (Wildman–Crippen LogP) is 1.29. The summed E-state index contributed by atoms with van der Waals surface area (Å²) in [5.74, 6) is -0.636. The monoisotopic (exact) mass is 211 g/mol. The molecule has 4 heteroatoms. The van der Waals surface area contributed by atoms with Crippen LogP contribution in [0.2, 0.25) is 0 Å². The smallest absolute Gasteiger partial charge is 0.188 e. The van der Waals surface area contributed by atoms with Crippen molar-refractivity contribution in [3.8, 4) is 0 Å². The van der Waals surface area contributed by atoms with Crippen molar-refractivity contribution < 1.29 is 13.9 Å². The van der Waals surface area contributed by atoms with E-state index >= 15 is 0 Å². The van der Waals surface area contributed by atoms with E-state index in [0.717, 1.165) is 5.56 Å². The molecule has 1 rings (SSSR count). The Morgan fingerprint density at radius 3 is 2.80 bits per heavy atom. The maximum atomic E-state index is 13.0. The number of hydrogen-bond acceptors (Lipinski definition) is 3. The lowest BCUT2D eigenvalue weighted by molar-refractivity contribution is 0.0773.